The van der Waals surface area contributed by atoms with Gasteiger partial charge in [-0.15, -0.1) is 0 Å². The summed E-state index contributed by atoms with van der Waals surface area (Å²) in [5, 5.41) is 0. The van der Waals surface area contributed by atoms with Gasteiger partial charge in [-0.25, -0.2) is 0 Å². The molecule has 2 N–H and O–H groups in total. The summed E-state index contributed by atoms with van der Waals surface area (Å²) in [7, 11) is 0. The van der Waals surface area contributed by atoms with E-state index in [0.717, 1.165) is 22.4 Å². The molecule has 1 amide bonds. The van der Waals surface area contributed by atoms with E-state index in [1.54, 1.807) is 0 Å². The van der Waals surface area contributed by atoms with Crippen molar-refractivity contribution in [2.24, 2.45) is 0 Å². The van der Waals surface area contributed by atoms with Crippen LogP contribution in [0.25, 0.3) is 0 Å². The summed E-state index contributed by atoms with van der Waals surface area (Å²) in [6, 6.07) is 15.5. The highest BCUT2D eigenvalue weighted by Crippen LogP contribution is 2.15. The molecule has 21 heavy (non-hydrogen) atoms. The lowest BCUT2D eigenvalue weighted by Gasteiger charge is -2.27. The van der Waals surface area contributed by atoms with Crippen molar-refractivity contribution in [2.45, 2.75) is 33.4 Å². The van der Waals surface area contributed by atoms with Crippen LogP contribution in [-0.2, 0) is 6.54 Å². The number of carbonyl (C=O) groups is 1. The lowest BCUT2D eigenvalue weighted by molar-refractivity contribution is 0.0690. The zero-order valence-electron chi connectivity index (χ0n) is 12.8. The van der Waals surface area contributed by atoms with Crippen molar-refractivity contribution >= 4 is 11.6 Å². The molecule has 0 aliphatic rings. The van der Waals surface area contributed by atoms with Crippen molar-refractivity contribution in [1.29, 1.82) is 0 Å². The normalized spacial score (nSPS) is 10.7. The number of anilines is 1. The highest BCUT2D eigenvalue weighted by Gasteiger charge is 2.19. The second kappa shape index (κ2) is 6.44. The molecule has 0 bridgehead atoms. The van der Waals surface area contributed by atoms with Gasteiger partial charge in [0, 0.05) is 23.8 Å². The summed E-state index contributed by atoms with van der Waals surface area (Å²) in [6.07, 6.45) is 0. The van der Waals surface area contributed by atoms with E-state index in [-0.39, 0.29) is 11.9 Å². The quantitative estimate of drug-likeness (QED) is 0.870. The van der Waals surface area contributed by atoms with Crippen LogP contribution in [-0.4, -0.2) is 16.8 Å². The molecule has 0 radical (unpaired) electrons. The molecule has 3 heteroatoms. The molecule has 0 fully saturated rings. The average molecular weight is 282 g/mol. The van der Waals surface area contributed by atoms with Crippen LogP contribution >= 0.6 is 0 Å². The minimum atomic E-state index is 0.0607. The standard InChI is InChI=1S/C18H22N2O/c1-13(2)20(12-15-7-9-17(19)10-8-15)18(21)16-6-4-5-14(3)11-16/h4-11,13H,12,19H2,1-3H3. The zero-order valence-corrected chi connectivity index (χ0v) is 12.8. The molecule has 2 aromatic carbocycles. The molecule has 0 saturated heterocycles. The Morgan fingerprint density at radius 1 is 1.14 bits per heavy atom. The molecule has 0 aromatic heterocycles. The Balaban J connectivity index is 2.22. The van der Waals surface area contributed by atoms with E-state index in [1.165, 1.54) is 0 Å². The zero-order chi connectivity index (χ0) is 15.4. The molecule has 0 aliphatic carbocycles. The van der Waals surface area contributed by atoms with Crippen LogP contribution in [0.5, 0.6) is 0 Å². The third-order valence-corrected chi connectivity index (χ3v) is 3.48. The van der Waals surface area contributed by atoms with Crippen molar-refractivity contribution in [3.8, 4) is 0 Å². The number of nitrogen functional groups attached to an aromatic ring is 1. The monoisotopic (exact) mass is 282 g/mol. The second-order valence-corrected chi connectivity index (χ2v) is 5.64. The number of benzene rings is 2. The van der Waals surface area contributed by atoms with Crippen LogP contribution in [0.3, 0.4) is 0 Å². The average Bonchev–Trinajstić information content (AvgIpc) is 2.45. The van der Waals surface area contributed by atoms with Gasteiger partial charge >= 0.3 is 0 Å². The third kappa shape index (κ3) is 3.85. The minimum Gasteiger partial charge on any atom is -0.399 e. The van der Waals surface area contributed by atoms with E-state index in [4.69, 9.17) is 5.73 Å². The molecule has 0 atom stereocenters. The lowest BCUT2D eigenvalue weighted by atomic mass is 10.1. The molecule has 0 unspecified atom stereocenters. The first-order valence-corrected chi connectivity index (χ1v) is 7.19. The maximum absolute atomic E-state index is 12.7. The Morgan fingerprint density at radius 3 is 2.38 bits per heavy atom. The molecule has 0 aliphatic heterocycles. The molecule has 0 spiro atoms. The number of amides is 1. The van der Waals surface area contributed by atoms with E-state index in [1.807, 2.05) is 74.2 Å². The molecule has 0 heterocycles. The SMILES string of the molecule is Cc1cccc(C(=O)N(Cc2ccc(N)cc2)C(C)C)c1. The van der Waals surface area contributed by atoms with Crippen molar-refractivity contribution < 1.29 is 4.79 Å². The van der Waals surface area contributed by atoms with Gasteiger partial charge < -0.3 is 10.6 Å². The van der Waals surface area contributed by atoms with Gasteiger partial charge in [0.15, 0.2) is 0 Å². The molecule has 110 valence electrons. The number of nitrogens with zero attached hydrogens (tertiary/aromatic N) is 1. The van der Waals surface area contributed by atoms with E-state index in [0.29, 0.717) is 6.54 Å². The van der Waals surface area contributed by atoms with E-state index < -0.39 is 0 Å². The number of hydrogen-bond acceptors (Lipinski definition) is 2. The Bertz CT molecular complexity index is 617. The van der Waals surface area contributed by atoms with Crippen LogP contribution in [0, 0.1) is 6.92 Å². The summed E-state index contributed by atoms with van der Waals surface area (Å²) in [5.41, 5.74) is 9.35. The Labute approximate surface area is 126 Å². The first-order chi connectivity index (χ1) is 9.97. The first kappa shape index (κ1) is 15.1. The number of nitrogens with two attached hydrogens (primary N) is 1. The Morgan fingerprint density at radius 2 is 1.81 bits per heavy atom. The fourth-order valence-corrected chi connectivity index (χ4v) is 2.25. The molecule has 2 rings (SSSR count). The molecule has 3 nitrogen and oxygen atoms in total. The third-order valence-electron chi connectivity index (χ3n) is 3.48. The van der Waals surface area contributed by atoms with Gasteiger partial charge in [0.1, 0.15) is 0 Å². The summed E-state index contributed by atoms with van der Waals surface area (Å²) in [6.45, 7) is 6.65. The van der Waals surface area contributed by atoms with Crippen molar-refractivity contribution in [2.75, 3.05) is 5.73 Å². The van der Waals surface area contributed by atoms with Crippen molar-refractivity contribution in [3.63, 3.8) is 0 Å². The smallest absolute Gasteiger partial charge is 0.254 e. The minimum absolute atomic E-state index is 0.0607. The summed E-state index contributed by atoms with van der Waals surface area (Å²) in [4.78, 5) is 14.6. The number of carbonyl (C=O) groups excluding carboxylic acids is 1. The van der Waals surface area contributed by atoms with Gasteiger partial charge in [0.25, 0.3) is 5.91 Å². The van der Waals surface area contributed by atoms with Crippen LogP contribution < -0.4 is 5.73 Å². The fourth-order valence-electron chi connectivity index (χ4n) is 2.25. The summed E-state index contributed by atoms with van der Waals surface area (Å²) < 4.78 is 0. The topological polar surface area (TPSA) is 46.3 Å². The predicted molar refractivity (Wildman–Crippen MR) is 87.0 cm³/mol. The van der Waals surface area contributed by atoms with Crippen molar-refractivity contribution in [3.05, 3.63) is 65.2 Å². The largest absolute Gasteiger partial charge is 0.399 e. The van der Waals surface area contributed by atoms with Gasteiger partial charge in [-0.2, -0.15) is 0 Å². The molecular weight excluding hydrogens is 260 g/mol. The maximum atomic E-state index is 12.7. The summed E-state index contributed by atoms with van der Waals surface area (Å²) in [5.74, 6) is 0.0607. The fraction of sp³-hybridized carbons (Fsp3) is 0.278. The Kier molecular flexibility index (Phi) is 4.63. The van der Waals surface area contributed by atoms with E-state index in [9.17, 15) is 4.79 Å². The highest BCUT2D eigenvalue weighted by molar-refractivity contribution is 5.94. The number of aryl methyl sites for hydroxylation is 1. The number of hydrogen-bond donors (Lipinski definition) is 1. The highest BCUT2D eigenvalue weighted by atomic mass is 16.2. The molecular formula is C18H22N2O. The predicted octanol–water partition coefficient (Wildman–Crippen LogP) is 3.63. The van der Waals surface area contributed by atoms with Gasteiger partial charge in [-0.1, -0.05) is 29.8 Å². The molecule has 0 saturated carbocycles. The van der Waals surface area contributed by atoms with Crippen LogP contribution in [0.15, 0.2) is 48.5 Å². The summed E-state index contributed by atoms with van der Waals surface area (Å²) >= 11 is 0. The molecule has 2 aromatic rings. The lowest BCUT2D eigenvalue weighted by Crippen LogP contribution is -2.36. The Hall–Kier alpha value is -2.29. The van der Waals surface area contributed by atoms with Crippen LogP contribution in [0.1, 0.15) is 35.3 Å². The van der Waals surface area contributed by atoms with Gasteiger partial charge in [0.2, 0.25) is 0 Å². The van der Waals surface area contributed by atoms with Gasteiger partial charge in [-0.3, -0.25) is 4.79 Å². The van der Waals surface area contributed by atoms with Crippen molar-refractivity contribution in [1.82, 2.24) is 4.90 Å². The van der Waals surface area contributed by atoms with Crippen LogP contribution in [0.2, 0.25) is 0 Å². The van der Waals surface area contributed by atoms with Crippen LogP contribution in [0.4, 0.5) is 5.69 Å². The first-order valence-electron chi connectivity index (χ1n) is 7.19. The maximum Gasteiger partial charge on any atom is 0.254 e. The van der Waals surface area contributed by atoms with E-state index >= 15 is 0 Å². The number of rotatable bonds is 4. The second-order valence-electron chi connectivity index (χ2n) is 5.64. The van der Waals surface area contributed by atoms with Gasteiger partial charge in [0.05, 0.1) is 0 Å². The van der Waals surface area contributed by atoms with Gasteiger partial charge in [-0.05, 0) is 50.6 Å². The van der Waals surface area contributed by atoms with E-state index in [2.05, 4.69) is 0 Å².